The molecule has 0 spiro atoms. The Morgan fingerprint density at radius 1 is 1.43 bits per heavy atom. The van der Waals surface area contributed by atoms with Gasteiger partial charge < -0.3 is 4.74 Å². The van der Waals surface area contributed by atoms with E-state index in [2.05, 4.69) is 0 Å². The van der Waals surface area contributed by atoms with Crippen LogP contribution in [0.25, 0.3) is 0 Å². The molecule has 0 heterocycles. The molecule has 2 nitrogen and oxygen atoms in total. The molecule has 1 aliphatic carbocycles. The molecule has 0 amide bonds. The van der Waals surface area contributed by atoms with Gasteiger partial charge in [0.25, 0.3) is 0 Å². The van der Waals surface area contributed by atoms with E-state index in [0.29, 0.717) is 0 Å². The molecule has 0 saturated heterocycles. The van der Waals surface area contributed by atoms with Crippen molar-refractivity contribution in [2.75, 3.05) is 0 Å². The Kier molecular flexibility index (Phi) is 3.57. The molecule has 1 saturated carbocycles. The first-order valence-electron chi connectivity index (χ1n) is 5.61. The van der Waals surface area contributed by atoms with Crippen LogP contribution in [0.15, 0.2) is 0 Å². The van der Waals surface area contributed by atoms with Gasteiger partial charge in [0.05, 0.1) is 5.92 Å². The molecule has 0 N–H and O–H groups in total. The summed E-state index contributed by atoms with van der Waals surface area (Å²) in [4.78, 5) is 11.6. The Morgan fingerprint density at radius 2 is 2.00 bits per heavy atom. The Labute approximate surface area is 87.0 Å². The predicted molar refractivity (Wildman–Crippen MR) is 57.0 cm³/mol. The van der Waals surface area contributed by atoms with Gasteiger partial charge in [0.15, 0.2) is 0 Å². The number of hydrogen-bond donors (Lipinski definition) is 0. The summed E-state index contributed by atoms with van der Waals surface area (Å²) in [7, 11) is 0. The molecule has 14 heavy (non-hydrogen) atoms. The zero-order valence-electron chi connectivity index (χ0n) is 9.80. The number of hydrogen-bond acceptors (Lipinski definition) is 2. The molecular formula is C12H22O2. The molecule has 82 valence electrons. The van der Waals surface area contributed by atoms with Gasteiger partial charge in [0.2, 0.25) is 0 Å². The van der Waals surface area contributed by atoms with E-state index in [1.807, 2.05) is 27.7 Å². The maximum Gasteiger partial charge on any atom is 0.309 e. The van der Waals surface area contributed by atoms with Gasteiger partial charge >= 0.3 is 5.97 Å². The minimum Gasteiger partial charge on any atom is -0.460 e. The second-order valence-electron chi connectivity index (χ2n) is 5.46. The van der Waals surface area contributed by atoms with E-state index < -0.39 is 0 Å². The molecule has 1 fully saturated rings. The molecule has 1 unspecified atom stereocenters. The first-order chi connectivity index (χ1) is 6.38. The minimum atomic E-state index is -0.342. The van der Waals surface area contributed by atoms with Crippen molar-refractivity contribution in [1.82, 2.24) is 0 Å². The van der Waals surface area contributed by atoms with Crippen LogP contribution in [0.5, 0.6) is 0 Å². The Balaban J connectivity index is 2.20. The summed E-state index contributed by atoms with van der Waals surface area (Å²) in [5.41, 5.74) is -0.342. The van der Waals surface area contributed by atoms with Crippen LogP contribution < -0.4 is 0 Å². The van der Waals surface area contributed by atoms with E-state index in [1.165, 1.54) is 19.3 Å². The van der Waals surface area contributed by atoms with Gasteiger partial charge in [-0.3, -0.25) is 4.79 Å². The van der Waals surface area contributed by atoms with Crippen molar-refractivity contribution < 1.29 is 9.53 Å². The highest BCUT2D eigenvalue weighted by atomic mass is 16.6. The van der Waals surface area contributed by atoms with Crippen LogP contribution in [0.1, 0.15) is 53.4 Å². The van der Waals surface area contributed by atoms with E-state index in [4.69, 9.17) is 4.74 Å². The van der Waals surface area contributed by atoms with Crippen molar-refractivity contribution in [3.8, 4) is 0 Å². The van der Waals surface area contributed by atoms with E-state index in [-0.39, 0.29) is 17.5 Å². The number of ether oxygens (including phenoxy) is 1. The zero-order valence-corrected chi connectivity index (χ0v) is 9.80. The lowest BCUT2D eigenvalue weighted by Crippen LogP contribution is -2.27. The monoisotopic (exact) mass is 198 g/mol. The molecule has 0 aromatic heterocycles. The quantitative estimate of drug-likeness (QED) is 0.649. The van der Waals surface area contributed by atoms with E-state index in [0.717, 1.165) is 12.3 Å². The zero-order chi connectivity index (χ0) is 10.8. The highest BCUT2D eigenvalue weighted by Gasteiger charge is 2.25. The second kappa shape index (κ2) is 4.33. The van der Waals surface area contributed by atoms with Gasteiger partial charge in [-0.1, -0.05) is 19.8 Å². The first kappa shape index (κ1) is 11.5. The summed E-state index contributed by atoms with van der Waals surface area (Å²) in [6.45, 7) is 7.71. The summed E-state index contributed by atoms with van der Waals surface area (Å²) in [6.07, 6.45) is 4.90. The highest BCUT2D eigenvalue weighted by molar-refractivity contribution is 5.72. The highest BCUT2D eigenvalue weighted by Crippen LogP contribution is 2.34. The van der Waals surface area contributed by atoms with Gasteiger partial charge in [0.1, 0.15) is 5.60 Å². The Hall–Kier alpha value is -0.530. The van der Waals surface area contributed by atoms with Crippen molar-refractivity contribution in [2.24, 2.45) is 11.8 Å². The second-order valence-corrected chi connectivity index (χ2v) is 5.46. The van der Waals surface area contributed by atoms with Crippen LogP contribution in [0.2, 0.25) is 0 Å². The standard InChI is InChI=1S/C12H22O2/c1-9(5-6-10-7-8-10)11(13)14-12(2,3)4/h9-10H,5-8H2,1-4H3. The lowest BCUT2D eigenvalue weighted by Gasteiger charge is -2.22. The molecule has 0 aliphatic heterocycles. The maximum absolute atomic E-state index is 11.6. The van der Waals surface area contributed by atoms with Crippen LogP contribution in [0, 0.1) is 11.8 Å². The third-order valence-electron chi connectivity index (χ3n) is 2.51. The number of carbonyl (C=O) groups excluding carboxylic acids is 1. The fourth-order valence-corrected chi connectivity index (χ4v) is 1.41. The molecule has 0 aromatic rings. The van der Waals surface area contributed by atoms with E-state index in [1.54, 1.807) is 0 Å². The summed E-state index contributed by atoms with van der Waals surface area (Å²) in [5, 5.41) is 0. The molecule has 1 rings (SSSR count). The fraction of sp³-hybridized carbons (Fsp3) is 0.917. The van der Waals surface area contributed by atoms with Crippen LogP contribution in [-0.2, 0) is 9.53 Å². The maximum atomic E-state index is 11.6. The smallest absolute Gasteiger partial charge is 0.309 e. The number of rotatable bonds is 4. The van der Waals surface area contributed by atoms with Crippen molar-refractivity contribution in [3.05, 3.63) is 0 Å². The van der Waals surface area contributed by atoms with Crippen LogP contribution in [0.4, 0.5) is 0 Å². The Morgan fingerprint density at radius 3 is 2.43 bits per heavy atom. The average molecular weight is 198 g/mol. The summed E-state index contributed by atoms with van der Waals surface area (Å²) in [5.74, 6) is 0.924. The van der Waals surface area contributed by atoms with Crippen LogP contribution in [0.3, 0.4) is 0 Å². The minimum absolute atomic E-state index is 0.0434. The van der Waals surface area contributed by atoms with Gasteiger partial charge in [0, 0.05) is 0 Å². The molecular weight excluding hydrogens is 176 g/mol. The molecule has 0 radical (unpaired) electrons. The lowest BCUT2D eigenvalue weighted by atomic mass is 10.0. The van der Waals surface area contributed by atoms with Gasteiger partial charge in [-0.25, -0.2) is 0 Å². The fourth-order valence-electron chi connectivity index (χ4n) is 1.41. The number of carbonyl (C=O) groups is 1. The van der Waals surface area contributed by atoms with Crippen molar-refractivity contribution in [1.29, 1.82) is 0 Å². The summed E-state index contributed by atoms with van der Waals surface area (Å²) in [6, 6.07) is 0. The van der Waals surface area contributed by atoms with Crippen LogP contribution in [-0.4, -0.2) is 11.6 Å². The Bertz CT molecular complexity index is 199. The SMILES string of the molecule is CC(CCC1CC1)C(=O)OC(C)(C)C. The van der Waals surface area contributed by atoms with Crippen molar-refractivity contribution in [3.63, 3.8) is 0 Å². The normalized spacial score (nSPS) is 19.1. The molecule has 1 aliphatic rings. The van der Waals surface area contributed by atoms with Gasteiger partial charge in [-0.2, -0.15) is 0 Å². The summed E-state index contributed by atoms with van der Waals surface area (Å²) < 4.78 is 5.31. The average Bonchev–Trinajstić information content (AvgIpc) is 2.79. The molecule has 0 aromatic carbocycles. The van der Waals surface area contributed by atoms with E-state index >= 15 is 0 Å². The van der Waals surface area contributed by atoms with E-state index in [9.17, 15) is 4.79 Å². The largest absolute Gasteiger partial charge is 0.460 e. The van der Waals surface area contributed by atoms with Gasteiger partial charge in [-0.05, 0) is 39.5 Å². The van der Waals surface area contributed by atoms with Crippen LogP contribution >= 0.6 is 0 Å². The van der Waals surface area contributed by atoms with Crippen molar-refractivity contribution >= 4 is 5.97 Å². The summed E-state index contributed by atoms with van der Waals surface area (Å²) >= 11 is 0. The lowest BCUT2D eigenvalue weighted by molar-refractivity contribution is -0.159. The van der Waals surface area contributed by atoms with Gasteiger partial charge in [-0.15, -0.1) is 0 Å². The third kappa shape index (κ3) is 4.64. The molecule has 1 atom stereocenters. The van der Waals surface area contributed by atoms with Crippen molar-refractivity contribution in [2.45, 2.75) is 59.0 Å². The topological polar surface area (TPSA) is 26.3 Å². The molecule has 2 heteroatoms. The first-order valence-corrected chi connectivity index (χ1v) is 5.61. The predicted octanol–water partition coefficient (Wildman–Crippen LogP) is 3.15. The number of esters is 1. The third-order valence-corrected chi connectivity index (χ3v) is 2.51. The molecule has 0 bridgehead atoms.